The van der Waals surface area contributed by atoms with E-state index in [4.69, 9.17) is 0 Å². The summed E-state index contributed by atoms with van der Waals surface area (Å²) in [6, 6.07) is 15.9. The number of hydrogen-bond acceptors (Lipinski definition) is 5. The average molecular weight is 385 g/mol. The second-order valence-corrected chi connectivity index (χ2v) is 7.23. The zero-order chi connectivity index (χ0) is 20.1. The first kappa shape index (κ1) is 18.8. The molecule has 0 amide bonds. The molecule has 146 valence electrons. The maximum Gasteiger partial charge on any atom is 0.157 e. The van der Waals surface area contributed by atoms with Gasteiger partial charge in [-0.2, -0.15) is 5.10 Å². The fourth-order valence-corrected chi connectivity index (χ4v) is 3.39. The minimum Gasteiger partial charge on any atom is -0.364 e. The summed E-state index contributed by atoms with van der Waals surface area (Å²) in [5, 5.41) is 11.6. The van der Waals surface area contributed by atoms with Crippen molar-refractivity contribution in [1.29, 1.82) is 0 Å². The number of Topliss-reactive ketones (excluding diaryl/α,β-unsaturated/α-hetero) is 1. The highest BCUT2D eigenvalue weighted by atomic mass is 16.1. The standard InChI is InChI=1S/C23H23N5O/c1-16(18-5-3-2-4-6-18)11-20(29)12-19-13-22-21(15-25-19)23(28-27-22)26-14-17-7-9-24-10-8-17/h2-10,13,15-16H,11-12,14H2,1H3,(H2,26,27,28)/t16-/m0/s1. The van der Waals surface area contributed by atoms with Crippen LogP contribution in [0.5, 0.6) is 0 Å². The van der Waals surface area contributed by atoms with E-state index in [9.17, 15) is 4.79 Å². The van der Waals surface area contributed by atoms with Crippen LogP contribution in [0.25, 0.3) is 10.9 Å². The van der Waals surface area contributed by atoms with E-state index >= 15 is 0 Å². The lowest BCUT2D eigenvalue weighted by Crippen LogP contribution is -2.08. The predicted molar refractivity (Wildman–Crippen MR) is 114 cm³/mol. The number of H-pyrrole nitrogens is 1. The van der Waals surface area contributed by atoms with Crippen molar-refractivity contribution >= 4 is 22.5 Å². The number of aromatic amines is 1. The van der Waals surface area contributed by atoms with Crippen molar-refractivity contribution in [1.82, 2.24) is 20.2 Å². The molecule has 3 heterocycles. The second-order valence-electron chi connectivity index (χ2n) is 7.23. The molecule has 0 fully saturated rings. The fraction of sp³-hybridized carbons (Fsp3) is 0.217. The molecule has 6 heteroatoms. The van der Waals surface area contributed by atoms with Crippen LogP contribution < -0.4 is 5.32 Å². The Morgan fingerprint density at radius 1 is 1.14 bits per heavy atom. The minimum atomic E-state index is 0.184. The van der Waals surface area contributed by atoms with Crippen LogP contribution in [0.3, 0.4) is 0 Å². The Bertz CT molecular complexity index is 1090. The zero-order valence-electron chi connectivity index (χ0n) is 16.3. The molecule has 1 aromatic carbocycles. The van der Waals surface area contributed by atoms with Crippen LogP contribution in [0.2, 0.25) is 0 Å². The lowest BCUT2D eigenvalue weighted by Gasteiger charge is -2.10. The van der Waals surface area contributed by atoms with Gasteiger partial charge in [0.25, 0.3) is 0 Å². The van der Waals surface area contributed by atoms with Crippen molar-refractivity contribution in [3.8, 4) is 0 Å². The van der Waals surface area contributed by atoms with Crippen LogP contribution in [0.4, 0.5) is 5.82 Å². The van der Waals surface area contributed by atoms with Crippen LogP contribution >= 0.6 is 0 Å². The van der Waals surface area contributed by atoms with Gasteiger partial charge in [-0.05, 0) is 35.2 Å². The maximum absolute atomic E-state index is 12.5. The number of ketones is 1. The van der Waals surface area contributed by atoms with E-state index in [0.717, 1.165) is 28.0 Å². The van der Waals surface area contributed by atoms with Gasteiger partial charge in [-0.1, -0.05) is 37.3 Å². The molecule has 2 N–H and O–H groups in total. The number of rotatable bonds is 8. The molecule has 6 nitrogen and oxygen atoms in total. The molecule has 0 unspecified atom stereocenters. The number of anilines is 1. The van der Waals surface area contributed by atoms with Crippen molar-refractivity contribution in [2.75, 3.05) is 5.32 Å². The summed E-state index contributed by atoms with van der Waals surface area (Å²) in [6.45, 7) is 2.74. The Hall–Kier alpha value is -3.54. The maximum atomic E-state index is 12.5. The van der Waals surface area contributed by atoms with Gasteiger partial charge in [-0.25, -0.2) is 0 Å². The van der Waals surface area contributed by atoms with E-state index in [1.165, 1.54) is 5.56 Å². The van der Waals surface area contributed by atoms with E-state index in [2.05, 4.69) is 44.5 Å². The average Bonchev–Trinajstić information content (AvgIpc) is 3.15. The molecule has 0 aliphatic heterocycles. The molecule has 3 aromatic heterocycles. The van der Waals surface area contributed by atoms with E-state index in [1.807, 2.05) is 36.4 Å². The van der Waals surface area contributed by atoms with Gasteiger partial charge in [0.1, 0.15) is 5.78 Å². The van der Waals surface area contributed by atoms with E-state index < -0.39 is 0 Å². The predicted octanol–water partition coefficient (Wildman–Crippen LogP) is 4.27. The summed E-state index contributed by atoms with van der Waals surface area (Å²) in [4.78, 5) is 21.0. The molecule has 29 heavy (non-hydrogen) atoms. The molecule has 0 aliphatic rings. The molecule has 0 spiro atoms. The smallest absolute Gasteiger partial charge is 0.157 e. The van der Waals surface area contributed by atoms with Crippen molar-refractivity contribution in [3.63, 3.8) is 0 Å². The number of carbonyl (C=O) groups excluding carboxylic acids is 1. The first-order valence-corrected chi connectivity index (χ1v) is 9.71. The Kier molecular flexibility index (Phi) is 5.61. The number of fused-ring (bicyclic) bond motifs is 1. The van der Waals surface area contributed by atoms with Gasteiger partial charge in [0.15, 0.2) is 5.82 Å². The van der Waals surface area contributed by atoms with Crippen LogP contribution in [0.15, 0.2) is 67.1 Å². The highest BCUT2D eigenvalue weighted by molar-refractivity contribution is 5.90. The summed E-state index contributed by atoms with van der Waals surface area (Å²) in [7, 11) is 0. The van der Waals surface area contributed by atoms with Gasteiger partial charge in [0.2, 0.25) is 0 Å². The summed E-state index contributed by atoms with van der Waals surface area (Å²) in [5.41, 5.74) is 3.94. The van der Waals surface area contributed by atoms with Gasteiger partial charge >= 0.3 is 0 Å². The van der Waals surface area contributed by atoms with Gasteiger partial charge in [0.05, 0.1) is 10.9 Å². The molecule has 1 atom stereocenters. The first-order valence-electron chi connectivity index (χ1n) is 9.71. The Labute approximate surface area is 169 Å². The van der Waals surface area contributed by atoms with Crippen molar-refractivity contribution in [3.05, 3.63) is 83.9 Å². The van der Waals surface area contributed by atoms with E-state index in [0.29, 0.717) is 19.4 Å². The first-order chi connectivity index (χ1) is 14.2. The van der Waals surface area contributed by atoms with E-state index in [-0.39, 0.29) is 11.7 Å². The third-order valence-corrected chi connectivity index (χ3v) is 4.99. The number of benzene rings is 1. The number of aromatic nitrogens is 4. The Balaban J connectivity index is 1.39. The fourth-order valence-electron chi connectivity index (χ4n) is 3.39. The highest BCUT2D eigenvalue weighted by Crippen LogP contribution is 2.22. The molecule has 0 aliphatic carbocycles. The summed E-state index contributed by atoms with van der Waals surface area (Å²) in [6.07, 6.45) is 6.14. The Morgan fingerprint density at radius 3 is 2.72 bits per heavy atom. The Morgan fingerprint density at radius 2 is 1.93 bits per heavy atom. The molecule has 0 bridgehead atoms. The second kappa shape index (κ2) is 8.65. The minimum absolute atomic E-state index is 0.184. The SMILES string of the molecule is C[C@@H](CC(=O)Cc1cc2[nH]nc(NCc3ccncc3)c2cn1)c1ccccc1. The van der Waals surface area contributed by atoms with E-state index in [1.54, 1.807) is 18.6 Å². The van der Waals surface area contributed by atoms with Gasteiger partial charge < -0.3 is 5.32 Å². The van der Waals surface area contributed by atoms with Crippen LogP contribution in [0, 0.1) is 0 Å². The summed E-state index contributed by atoms with van der Waals surface area (Å²) < 4.78 is 0. The van der Waals surface area contributed by atoms with Crippen molar-refractivity contribution < 1.29 is 4.79 Å². The lowest BCUT2D eigenvalue weighted by molar-refractivity contribution is -0.118. The number of nitrogens with one attached hydrogen (secondary N) is 2. The molecule has 0 radical (unpaired) electrons. The number of hydrogen-bond donors (Lipinski definition) is 2. The molecule has 4 rings (SSSR count). The number of nitrogens with zero attached hydrogens (tertiary/aromatic N) is 3. The van der Waals surface area contributed by atoms with Gasteiger partial charge in [-0.3, -0.25) is 19.9 Å². The molecule has 0 saturated heterocycles. The van der Waals surface area contributed by atoms with Gasteiger partial charge in [-0.15, -0.1) is 0 Å². The molecular weight excluding hydrogens is 362 g/mol. The molecular formula is C23H23N5O. The normalized spacial score (nSPS) is 12.0. The quantitative estimate of drug-likeness (QED) is 0.473. The highest BCUT2D eigenvalue weighted by Gasteiger charge is 2.14. The van der Waals surface area contributed by atoms with Crippen LogP contribution in [0.1, 0.15) is 36.1 Å². The third-order valence-electron chi connectivity index (χ3n) is 4.99. The number of carbonyl (C=O) groups is 1. The zero-order valence-corrected chi connectivity index (χ0v) is 16.3. The van der Waals surface area contributed by atoms with Crippen LogP contribution in [-0.4, -0.2) is 25.9 Å². The lowest BCUT2D eigenvalue weighted by atomic mass is 9.94. The van der Waals surface area contributed by atoms with Crippen molar-refractivity contribution in [2.45, 2.75) is 32.2 Å². The topological polar surface area (TPSA) is 83.6 Å². The van der Waals surface area contributed by atoms with Crippen molar-refractivity contribution in [2.24, 2.45) is 0 Å². The summed E-state index contributed by atoms with van der Waals surface area (Å²) in [5.74, 6) is 1.13. The van der Waals surface area contributed by atoms with Crippen LogP contribution in [-0.2, 0) is 17.8 Å². The monoisotopic (exact) mass is 385 g/mol. The summed E-state index contributed by atoms with van der Waals surface area (Å²) >= 11 is 0. The number of pyridine rings is 2. The largest absolute Gasteiger partial charge is 0.364 e. The molecule has 0 saturated carbocycles. The van der Waals surface area contributed by atoms with Gasteiger partial charge in [0, 0.05) is 43.7 Å². The third kappa shape index (κ3) is 4.66. The molecule has 4 aromatic rings.